The fourth-order valence-corrected chi connectivity index (χ4v) is 1.43. The van der Waals surface area contributed by atoms with E-state index in [0.29, 0.717) is 0 Å². The molecule has 11 heavy (non-hydrogen) atoms. The summed E-state index contributed by atoms with van der Waals surface area (Å²) in [6.07, 6.45) is 2.74. The number of halogens is 1. The predicted molar refractivity (Wildman–Crippen MR) is 46.0 cm³/mol. The fourth-order valence-electron chi connectivity index (χ4n) is 1.13. The quantitative estimate of drug-likeness (QED) is 0.657. The molecule has 0 aromatic heterocycles. The number of carboxylic acid groups (broad SMARTS) is 1. The van der Waals surface area contributed by atoms with E-state index in [2.05, 4.69) is 0 Å². The molecular formula is C8H15ClO2. The molecule has 2 nitrogen and oxygen atoms in total. The van der Waals surface area contributed by atoms with Gasteiger partial charge in [-0.15, -0.1) is 11.6 Å². The summed E-state index contributed by atoms with van der Waals surface area (Å²) in [5.41, 5.74) is 0. The second-order valence-electron chi connectivity index (χ2n) is 2.70. The second-order valence-corrected chi connectivity index (χ2v) is 3.17. The monoisotopic (exact) mass is 178 g/mol. The van der Waals surface area contributed by atoms with Crippen molar-refractivity contribution in [1.29, 1.82) is 0 Å². The minimum atomic E-state index is -0.896. The van der Waals surface area contributed by atoms with E-state index in [4.69, 9.17) is 16.7 Å². The lowest BCUT2D eigenvalue weighted by Gasteiger charge is -2.15. The van der Waals surface area contributed by atoms with Gasteiger partial charge in [-0.1, -0.05) is 26.7 Å². The van der Waals surface area contributed by atoms with Crippen LogP contribution in [0.25, 0.3) is 0 Å². The predicted octanol–water partition coefficient (Wildman–Crippen LogP) is 2.50. The maximum Gasteiger partial charge on any atom is 0.321 e. The Hall–Kier alpha value is -0.240. The van der Waals surface area contributed by atoms with E-state index in [0.717, 1.165) is 19.3 Å². The Morgan fingerprint density at radius 1 is 1.55 bits per heavy atom. The fraction of sp³-hybridized carbons (Fsp3) is 0.875. The number of hydrogen-bond donors (Lipinski definition) is 1. The number of carboxylic acids is 1. The molecule has 0 aliphatic heterocycles. The molecule has 0 rings (SSSR count). The molecule has 0 saturated heterocycles. The largest absolute Gasteiger partial charge is 0.480 e. The highest BCUT2D eigenvalue weighted by Crippen LogP contribution is 2.20. The van der Waals surface area contributed by atoms with Crippen molar-refractivity contribution in [2.24, 2.45) is 5.92 Å². The third kappa shape index (κ3) is 3.61. The van der Waals surface area contributed by atoms with Crippen molar-refractivity contribution in [3.63, 3.8) is 0 Å². The molecule has 0 spiro atoms. The van der Waals surface area contributed by atoms with Crippen molar-refractivity contribution in [2.75, 3.05) is 0 Å². The van der Waals surface area contributed by atoms with Gasteiger partial charge in [0.05, 0.1) is 0 Å². The van der Waals surface area contributed by atoms with Gasteiger partial charge in [0, 0.05) is 0 Å². The van der Waals surface area contributed by atoms with Gasteiger partial charge in [-0.3, -0.25) is 4.79 Å². The van der Waals surface area contributed by atoms with Crippen molar-refractivity contribution in [1.82, 2.24) is 0 Å². The van der Waals surface area contributed by atoms with Crippen molar-refractivity contribution in [2.45, 2.75) is 38.5 Å². The standard InChI is InChI=1S/C8H15ClO2/c1-3-5-6(4-2)7(9)8(10)11/h6-7H,3-5H2,1-2H3,(H,10,11). The van der Waals surface area contributed by atoms with Crippen LogP contribution < -0.4 is 0 Å². The average Bonchev–Trinajstić information content (AvgIpc) is 1.98. The first-order valence-corrected chi connectivity index (χ1v) is 4.44. The molecular weight excluding hydrogens is 164 g/mol. The molecule has 0 aliphatic carbocycles. The first-order valence-electron chi connectivity index (χ1n) is 4.00. The van der Waals surface area contributed by atoms with Crippen LogP contribution in [0.2, 0.25) is 0 Å². The van der Waals surface area contributed by atoms with Crippen LogP contribution in [0.1, 0.15) is 33.1 Å². The van der Waals surface area contributed by atoms with Crippen LogP contribution in [0.15, 0.2) is 0 Å². The van der Waals surface area contributed by atoms with Gasteiger partial charge in [0.2, 0.25) is 0 Å². The first-order chi connectivity index (χ1) is 5.13. The molecule has 66 valence electrons. The number of hydrogen-bond acceptors (Lipinski definition) is 1. The van der Waals surface area contributed by atoms with Crippen molar-refractivity contribution < 1.29 is 9.90 Å². The SMILES string of the molecule is CCCC(CC)C(Cl)C(=O)O. The van der Waals surface area contributed by atoms with E-state index in [1.807, 2.05) is 13.8 Å². The van der Waals surface area contributed by atoms with Gasteiger partial charge in [-0.25, -0.2) is 0 Å². The molecule has 0 fully saturated rings. The van der Waals surface area contributed by atoms with Crippen LogP contribution in [0.3, 0.4) is 0 Å². The average molecular weight is 179 g/mol. The number of carbonyl (C=O) groups is 1. The van der Waals surface area contributed by atoms with Crippen LogP contribution in [-0.2, 0) is 4.79 Å². The summed E-state index contributed by atoms with van der Waals surface area (Å²) >= 11 is 5.66. The zero-order valence-corrected chi connectivity index (χ0v) is 7.77. The Kier molecular flexibility index (Phi) is 5.30. The Labute approximate surface area is 72.6 Å². The maximum absolute atomic E-state index is 10.4. The Bertz CT molecular complexity index is 125. The molecule has 2 unspecified atom stereocenters. The van der Waals surface area contributed by atoms with Gasteiger partial charge < -0.3 is 5.11 Å². The molecule has 1 N–H and O–H groups in total. The minimum absolute atomic E-state index is 0.124. The zero-order chi connectivity index (χ0) is 8.85. The Morgan fingerprint density at radius 2 is 2.09 bits per heavy atom. The molecule has 0 heterocycles. The molecule has 0 amide bonds. The Morgan fingerprint density at radius 3 is 2.36 bits per heavy atom. The lowest BCUT2D eigenvalue weighted by Crippen LogP contribution is -2.23. The summed E-state index contributed by atoms with van der Waals surface area (Å²) < 4.78 is 0. The van der Waals surface area contributed by atoms with Crippen molar-refractivity contribution >= 4 is 17.6 Å². The first kappa shape index (κ1) is 10.8. The molecule has 0 radical (unpaired) electrons. The van der Waals surface area contributed by atoms with E-state index in [-0.39, 0.29) is 5.92 Å². The molecule has 0 saturated carbocycles. The third-order valence-electron chi connectivity index (χ3n) is 1.83. The molecule has 0 aliphatic rings. The van der Waals surface area contributed by atoms with Crippen molar-refractivity contribution in [3.05, 3.63) is 0 Å². The van der Waals surface area contributed by atoms with Gasteiger partial charge in [0.1, 0.15) is 5.38 Å². The van der Waals surface area contributed by atoms with Crippen molar-refractivity contribution in [3.8, 4) is 0 Å². The lowest BCUT2D eigenvalue weighted by atomic mass is 9.97. The van der Waals surface area contributed by atoms with E-state index in [1.54, 1.807) is 0 Å². The van der Waals surface area contributed by atoms with Crippen LogP contribution in [0.4, 0.5) is 0 Å². The highest BCUT2D eigenvalue weighted by molar-refractivity contribution is 6.29. The number of rotatable bonds is 5. The minimum Gasteiger partial charge on any atom is -0.480 e. The molecule has 0 aromatic rings. The summed E-state index contributed by atoms with van der Waals surface area (Å²) in [6, 6.07) is 0. The summed E-state index contributed by atoms with van der Waals surface area (Å²) in [4.78, 5) is 10.4. The van der Waals surface area contributed by atoms with Crippen LogP contribution in [0.5, 0.6) is 0 Å². The number of alkyl halides is 1. The second kappa shape index (κ2) is 5.42. The molecule has 0 bridgehead atoms. The van der Waals surface area contributed by atoms with E-state index < -0.39 is 11.3 Å². The molecule has 3 heteroatoms. The highest BCUT2D eigenvalue weighted by Gasteiger charge is 2.22. The normalized spacial score (nSPS) is 15.9. The van der Waals surface area contributed by atoms with E-state index in [1.165, 1.54) is 0 Å². The van der Waals surface area contributed by atoms with Gasteiger partial charge >= 0.3 is 5.97 Å². The van der Waals surface area contributed by atoms with E-state index >= 15 is 0 Å². The zero-order valence-electron chi connectivity index (χ0n) is 7.01. The molecule has 0 aromatic carbocycles. The maximum atomic E-state index is 10.4. The summed E-state index contributed by atoms with van der Waals surface area (Å²) in [5.74, 6) is -0.772. The number of aliphatic carboxylic acids is 1. The van der Waals surface area contributed by atoms with Gasteiger partial charge in [-0.2, -0.15) is 0 Å². The molecule has 2 atom stereocenters. The van der Waals surface area contributed by atoms with Gasteiger partial charge in [-0.05, 0) is 12.3 Å². The highest BCUT2D eigenvalue weighted by atomic mass is 35.5. The van der Waals surface area contributed by atoms with Gasteiger partial charge in [0.15, 0.2) is 0 Å². The topological polar surface area (TPSA) is 37.3 Å². The van der Waals surface area contributed by atoms with E-state index in [9.17, 15) is 4.79 Å². The summed E-state index contributed by atoms with van der Waals surface area (Å²) in [6.45, 7) is 4.01. The third-order valence-corrected chi connectivity index (χ3v) is 2.38. The van der Waals surface area contributed by atoms with Gasteiger partial charge in [0.25, 0.3) is 0 Å². The van der Waals surface area contributed by atoms with Crippen LogP contribution >= 0.6 is 11.6 Å². The lowest BCUT2D eigenvalue weighted by molar-refractivity contribution is -0.137. The smallest absolute Gasteiger partial charge is 0.321 e. The van der Waals surface area contributed by atoms with Crippen LogP contribution in [0, 0.1) is 5.92 Å². The Balaban J connectivity index is 3.91. The summed E-state index contributed by atoms with van der Waals surface area (Å²) in [5, 5.41) is 7.87. The van der Waals surface area contributed by atoms with Crippen LogP contribution in [-0.4, -0.2) is 16.5 Å². The summed E-state index contributed by atoms with van der Waals surface area (Å²) in [7, 11) is 0.